The van der Waals surface area contributed by atoms with Gasteiger partial charge in [-0.15, -0.1) is 23.2 Å². The Balaban J connectivity index is 1.98. The van der Waals surface area contributed by atoms with E-state index in [1.54, 1.807) is 0 Å². The van der Waals surface area contributed by atoms with E-state index in [-0.39, 0.29) is 11.0 Å². The maximum absolute atomic E-state index is 5.98. The van der Waals surface area contributed by atoms with Crippen molar-refractivity contribution in [3.05, 3.63) is 0 Å². The van der Waals surface area contributed by atoms with E-state index in [4.69, 9.17) is 23.2 Å². The maximum atomic E-state index is 5.98. The highest BCUT2D eigenvalue weighted by Gasteiger charge is 2.35. The largest absolute Gasteiger partial charge is 0.295 e. The number of nitrogens with one attached hydrogen (secondary N) is 2. The fourth-order valence-corrected chi connectivity index (χ4v) is 2.58. The average Bonchev–Trinajstić information content (AvgIpc) is 2.07. The minimum Gasteiger partial charge on any atom is -0.295 e. The van der Waals surface area contributed by atoms with E-state index in [2.05, 4.69) is 10.6 Å². The van der Waals surface area contributed by atoms with Crippen molar-refractivity contribution in [2.75, 3.05) is 0 Å². The number of alkyl halides is 2. The minimum absolute atomic E-state index is 0.119. The highest BCUT2D eigenvalue weighted by atomic mass is 35.5. The van der Waals surface area contributed by atoms with Crippen molar-refractivity contribution in [2.24, 2.45) is 0 Å². The molecule has 4 unspecified atom stereocenters. The molecule has 2 aliphatic rings. The lowest BCUT2D eigenvalue weighted by atomic mass is 9.89. The molecule has 0 amide bonds. The first-order valence-electron chi connectivity index (χ1n) is 4.57. The topological polar surface area (TPSA) is 24.1 Å². The maximum Gasteiger partial charge on any atom is 0.112 e. The monoisotopic (exact) mass is 208 g/mol. The van der Waals surface area contributed by atoms with Crippen LogP contribution in [0.4, 0.5) is 0 Å². The first kappa shape index (κ1) is 9.07. The molecule has 0 spiro atoms. The molecule has 4 heteroatoms. The number of hydrogen-bond acceptors (Lipinski definition) is 2. The number of fused-ring (bicyclic) bond motifs is 1. The Kier molecular flexibility index (Phi) is 2.80. The summed E-state index contributed by atoms with van der Waals surface area (Å²) in [6, 6.07) is 1.08. The lowest BCUT2D eigenvalue weighted by Crippen LogP contribution is -2.63. The molecule has 2 N–H and O–H groups in total. The van der Waals surface area contributed by atoms with Gasteiger partial charge in [0.1, 0.15) is 11.0 Å². The van der Waals surface area contributed by atoms with Gasteiger partial charge in [0.2, 0.25) is 0 Å². The summed E-state index contributed by atoms with van der Waals surface area (Å²) in [6.45, 7) is 0. The van der Waals surface area contributed by atoms with Gasteiger partial charge in [-0.05, 0) is 12.8 Å². The molecule has 12 heavy (non-hydrogen) atoms. The van der Waals surface area contributed by atoms with Crippen LogP contribution in [0, 0.1) is 0 Å². The Bertz CT molecular complexity index is 147. The van der Waals surface area contributed by atoms with Crippen molar-refractivity contribution in [1.29, 1.82) is 0 Å². The summed E-state index contributed by atoms with van der Waals surface area (Å²) in [5, 5.41) is 6.68. The van der Waals surface area contributed by atoms with Crippen molar-refractivity contribution in [2.45, 2.75) is 48.8 Å². The summed E-state index contributed by atoms with van der Waals surface area (Å²) in [4.78, 5) is 0. The molecule has 1 saturated heterocycles. The first-order chi connectivity index (χ1) is 5.77. The Labute approximate surface area is 83.0 Å². The smallest absolute Gasteiger partial charge is 0.112 e. The summed E-state index contributed by atoms with van der Waals surface area (Å²) in [5.74, 6) is 0. The molecule has 1 saturated carbocycles. The van der Waals surface area contributed by atoms with E-state index in [1.165, 1.54) is 25.7 Å². The lowest BCUT2D eigenvalue weighted by molar-refractivity contribution is 0.227. The van der Waals surface area contributed by atoms with E-state index in [0.29, 0.717) is 12.1 Å². The van der Waals surface area contributed by atoms with Crippen LogP contribution < -0.4 is 10.6 Å². The van der Waals surface area contributed by atoms with Crippen LogP contribution in [0.3, 0.4) is 0 Å². The molecule has 2 nitrogen and oxygen atoms in total. The summed E-state index contributed by atoms with van der Waals surface area (Å²) >= 11 is 12.0. The number of rotatable bonds is 0. The van der Waals surface area contributed by atoms with Crippen LogP contribution in [0.15, 0.2) is 0 Å². The molecule has 2 fully saturated rings. The molecule has 0 aromatic rings. The molecule has 1 heterocycles. The van der Waals surface area contributed by atoms with Crippen molar-refractivity contribution >= 4 is 23.2 Å². The zero-order valence-corrected chi connectivity index (χ0v) is 8.41. The number of piperazine rings is 1. The van der Waals surface area contributed by atoms with E-state index in [1.807, 2.05) is 0 Å². The second kappa shape index (κ2) is 3.70. The van der Waals surface area contributed by atoms with Gasteiger partial charge in [-0.3, -0.25) is 10.6 Å². The van der Waals surface area contributed by atoms with Crippen molar-refractivity contribution < 1.29 is 0 Å². The normalized spacial score (nSPS) is 48.5. The molecule has 1 aliphatic carbocycles. The Morgan fingerprint density at radius 2 is 1.25 bits per heavy atom. The van der Waals surface area contributed by atoms with E-state index >= 15 is 0 Å². The molecule has 4 atom stereocenters. The van der Waals surface area contributed by atoms with Crippen LogP contribution >= 0.6 is 23.2 Å². The predicted molar refractivity (Wildman–Crippen MR) is 51.6 cm³/mol. The van der Waals surface area contributed by atoms with Crippen molar-refractivity contribution in [3.63, 3.8) is 0 Å². The molecular weight excluding hydrogens is 195 g/mol. The average molecular weight is 209 g/mol. The Morgan fingerprint density at radius 3 is 1.67 bits per heavy atom. The van der Waals surface area contributed by atoms with E-state index < -0.39 is 0 Å². The van der Waals surface area contributed by atoms with Gasteiger partial charge in [0.15, 0.2) is 0 Å². The molecular formula is C8H14Cl2N2. The first-order valence-corrected chi connectivity index (χ1v) is 5.45. The van der Waals surface area contributed by atoms with Crippen LogP contribution in [0.25, 0.3) is 0 Å². The third-order valence-electron chi connectivity index (χ3n) is 2.77. The van der Waals surface area contributed by atoms with Crippen molar-refractivity contribution in [3.8, 4) is 0 Å². The fourth-order valence-electron chi connectivity index (χ4n) is 2.11. The SMILES string of the molecule is ClC1NC2CCCCC2NC1Cl. The molecule has 0 aromatic carbocycles. The zero-order valence-electron chi connectivity index (χ0n) is 6.89. The van der Waals surface area contributed by atoms with Gasteiger partial charge < -0.3 is 0 Å². The Hall–Kier alpha value is 0.500. The van der Waals surface area contributed by atoms with Crippen LogP contribution in [0.5, 0.6) is 0 Å². The molecule has 2 rings (SSSR count). The van der Waals surface area contributed by atoms with Gasteiger partial charge in [0, 0.05) is 12.1 Å². The summed E-state index contributed by atoms with van der Waals surface area (Å²) < 4.78 is 0. The highest BCUT2D eigenvalue weighted by Crippen LogP contribution is 2.24. The minimum atomic E-state index is -0.119. The van der Waals surface area contributed by atoms with Crippen LogP contribution in [0.2, 0.25) is 0 Å². The summed E-state index contributed by atoms with van der Waals surface area (Å²) in [6.07, 6.45) is 5.08. The van der Waals surface area contributed by atoms with E-state index in [9.17, 15) is 0 Å². The standard InChI is InChI=1S/C8H14Cl2N2/c9-7-8(10)12-6-4-2-1-3-5(6)11-7/h5-8,11-12H,1-4H2. The summed E-state index contributed by atoms with van der Waals surface area (Å²) in [7, 11) is 0. The van der Waals surface area contributed by atoms with Gasteiger partial charge in [-0.1, -0.05) is 12.8 Å². The zero-order chi connectivity index (χ0) is 8.55. The molecule has 0 radical (unpaired) electrons. The van der Waals surface area contributed by atoms with Gasteiger partial charge in [0.25, 0.3) is 0 Å². The number of halogens is 2. The molecule has 1 aliphatic heterocycles. The highest BCUT2D eigenvalue weighted by molar-refractivity contribution is 6.29. The quantitative estimate of drug-likeness (QED) is 0.468. The lowest BCUT2D eigenvalue weighted by Gasteiger charge is -2.41. The van der Waals surface area contributed by atoms with Crippen LogP contribution in [-0.4, -0.2) is 23.1 Å². The third kappa shape index (κ3) is 1.72. The molecule has 70 valence electrons. The van der Waals surface area contributed by atoms with Gasteiger partial charge in [-0.2, -0.15) is 0 Å². The Morgan fingerprint density at radius 1 is 0.833 bits per heavy atom. The summed E-state index contributed by atoms with van der Waals surface area (Å²) in [5.41, 5.74) is -0.239. The van der Waals surface area contributed by atoms with Gasteiger partial charge in [-0.25, -0.2) is 0 Å². The second-order valence-corrected chi connectivity index (χ2v) is 4.57. The second-order valence-electron chi connectivity index (χ2n) is 3.63. The fraction of sp³-hybridized carbons (Fsp3) is 1.00. The van der Waals surface area contributed by atoms with E-state index in [0.717, 1.165) is 0 Å². The molecule has 0 aromatic heterocycles. The van der Waals surface area contributed by atoms with Gasteiger partial charge >= 0.3 is 0 Å². The molecule has 0 bridgehead atoms. The number of hydrogen-bond donors (Lipinski definition) is 2. The van der Waals surface area contributed by atoms with Crippen molar-refractivity contribution in [1.82, 2.24) is 10.6 Å². The van der Waals surface area contributed by atoms with Crippen LogP contribution in [0.1, 0.15) is 25.7 Å². The predicted octanol–water partition coefficient (Wildman–Crippen LogP) is 1.62. The van der Waals surface area contributed by atoms with Gasteiger partial charge in [0.05, 0.1) is 0 Å². The van der Waals surface area contributed by atoms with Crippen LogP contribution in [-0.2, 0) is 0 Å². The third-order valence-corrected chi connectivity index (χ3v) is 3.65.